The van der Waals surface area contributed by atoms with Crippen LogP contribution in [0.4, 0.5) is 0 Å². The topological polar surface area (TPSA) is 68.2 Å². The van der Waals surface area contributed by atoms with Gasteiger partial charge < -0.3 is 24.2 Å². The summed E-state index contributed by atoms with van der Waals surface area (Å²) in [5.74, 6) is -0.808. The normalized spacial score (nSPS) is 39.1. The zero-order chi connectivity index (χ0) is 12.8. The first-order valence-electron chi connectivity index (χ1n) is 5.71. The fourth-order valence-corrected chi connectivity index (χ4v) is 2.39. The first-order chi connectivity index (χ1) is 7.85. The number of nitrogens with zero attached hydrogens (tertiary/aromatic N) is 1. The molecule has 2 fully saturated rings. The summed E-state index contributed by atoms with van der Waals surface area (Å²) in [7, 11) is 1.68. The van der Waals surface area contributed by atoms with Crippen molar-refractivity contribution in [3.05, 3.63) is 0 Å². The molecule has 4 atom stereocenters. The number of aliphatic hydroxyl groups is 1. The number of likely N-dealkylation sites (N-methyl/N-ethyl adjacent to an activating group) is 1. The van der Waals surface area contributed by atoms with E-state index in [9.17, 15) is 9.90 Å². The van der Waals surface area contributed by atoms with Crippen molar-refractivity contribution in [2.45, 2.75) is 51.1 Å². The van der Waals surface area contributed by atoms with Gasteiger partial charge in [0.15, 0.2) is 12.1 Å². The Hall–Kier alpha value is -0.690. The molecule has 0 aromatic heterocycles. The number of ether oxygens (including phenoxy) is 3. The van der Waals surface area contributed by atoms with Crippen molar-refractivity contribution in [2.24, 2.45) is 0 Å². The SMILES string of the molecule is CC(=O)N(C)[C@@H]1[C@H]2OC(C)(C)O[C@H]2O[C@H]1CO. The van der Waals surface area contributed by atoms with Crippen LogP contribution >= 0.6 is 0 Å². The lowest BCUT2D eigenvalue weighted by atomic mass is 10.1. The number of fused-ring (bicyclic) bond motifs is 1. The largest absolute Gasteiger partial charge is 0.394 e. The summed E-state index contributed by atoms with van der Waals surface area (Å²) in [5, 5.41) is 9.28. The molecular formula is C11H19NO5. The Kier molecular flexibility index (Phi) is 3.15. The number of hydrogen-bond acceptors (Lipinski definition) is 5. The Morgan fingerprint density at radius 1 is 1.41 bits per heavy atom. The van der Waals surface area contributed by atoms with Gasteiger partial charge in [0, 0.05) is 14.0 Å². The molecule has 0 spiro atoms. The number of hydrogen-bond donors (Lipinski definition) is 1. The van der Waals surface area contributed by atoms with Crippen molar-refractivity contribution in [2.75, 3.05) is 13.7 Å². The Labute approximate surface area is 100 Å². The van der Waals surface area contributed by atoms with Gasteiger partial charge in [0.25, 0.3) is 0 Å². The van der Waals surface area contributed by atoms with E-state index < -0.39 is 18.2 Å². The molecule has 0 aromatic rings. The first-order valence-corrected chi connectivity index (χ1v) is 5.71. The summed E-state index contributed by atoms with van der Waals surface area (Å²) in [5.41, 5.74) is 0. The lowest BCUT2D eigenvalue weighted by Gasteiger charge is -2.31. The molecule has 6 nitrogen and oxygen atoms in total. The summed E-state index contributed by atoms with van der Waals surface area (Å²) in [6.45, 7) is 4.91. The summed E-state index contributed by atoms with van der Waals surface area (Å²) >= 11 is 0. The van der Waals surface area contributed by atoms with Crippen LogP contribution in [0.3, 0.4) is 0 Å². The molecule has 0 aliphatic carbocycles. The molecule has 1 N–H and O–H groups in total. The number of amides is 1. The van der Waals surface area contributed by atoms with Gasteiger partial charge in [-0.3, -0.25) is 4.79 Å². The highest BCUT2D eigenvalue weighted by atomic mass is 16.8. The smallest absolute Gasteiger partial charge is 0.219 e. The van der Waals surface area contributed by atoms with E-state index in [1.54, 1.807) is 20.9 Å². The Morgan fingerprint density at radius 3 is 2.59 bits per heavy atom. The summed E-state index contributed by atoms with van der Waals surface area (Å²) in [6, 6.07) is -0.315. The highest BCUT2D eigenvalue weighted by Gasteiger charge is 2.56. The molecule has 2 saturated heterocycles. The standard InChI is InChI=1S/C11H19NO5/c1-6(14)12(4)8-7(5-13)15-10-9(8)16-11(2,3)17-10/h7-10,13H,5H2,1-4H3/t7-,8-,9+,10+/m0/s1. The monoisotopic (exact) mass is 245 g/mol. The third-order valence-electron chi connectivity index (χ3n) is 3.24. The summed E-state index contributed by atoms with van der Waals surface area (Å²) < 4.78 is 16.9. The van der Waals surface area contributed by atoms with E-state index in [1.165, 1.54) is 11.8 Å². The molecule has 6 heteroatoms. The Balaban J connectivity index is 2.19. The van der Waals surface area contributed by atoms with Crippen LogP contribution in [0.1, 0.15) is 20.8 Å². The zero-order valence-corrected chi connectivity index (χ0v) is 10.5. The Bertz CT molecular complexity index is 319. The molecule has 0 saturated carbocycles. The van der Waals surface area contributed by atoms with Gasteiger partial charge in [-0.2, -0.15) is 0 Å². The van der Waals surface area contributed by atoms with E-state index in [0.717, 1.165) is 0 Å². The summed E-state index contributed by atoms with van der Waals surface area (Å²) in [6.07, 6.45) is -1.33. The van der Waals surface area contributed by atoms with Crippen molar-refractivity contribution in [3.8, 4) is 0 Å². The number of aliphatic hydroxyl groups excluding tert-OH is 1. The maximum absolute atomic E-state index is 11.4. The minimum Gasteiger partial charge on any atom is -0.394 e. The van der Waals surface area contributed by atoms with Gasteiger partial charge in [-0.25, -0.2) is 0 Å². The van der Waals surface area contributed by atoms with Crippen LogP contribution in [-0.2, 0) is 19.0 Å². The van der Waals surface area contributed by atoms with Gasteiger partial charge in [-0.15, -0.1) is 0 Å². The van der Waals surface area contributed by atoms with Crippen molar-refractivity contribution < 1.29 is 24.1 Å². The van der Waals surface area contributed by atoms with Gasteiger partial charge in [0.1, 0.15) is 12.2 Å². The van der Waals surface area contributed by atoms with Crippen LogP contribution in [0.2, 0.25) is 0 Å². The average molecular weight is 245 g/mol. The maximum Gasteiger partial charge on any atom is 0.219 e. The molecule has 0 bridgehead atoms. The van der Waals surface area contributed by atoms with Crippen LogP contribution in [0.25, 0.3) is 0 Å². The maximum atomic E-state index is 11.4. The molecular weight excluding hydrogens is 226 g/mol. The van der Waals surface area contributed by atoms with Gasteiger partial charge in [0.05, 0.1) is 12.6 Å². The van der Waals surface area contributed by atoms with Gasteiger partial charge in [0.2, 0.25) is 5.91 Å². The second-order valence-corrected chi connectivity index (χ2v) is 4.95. The molecule has 17 heavy (non-hydrogen) atoms. The van der Waals surface area contributed by atoms with E-state index in [4.69, 9.17) is 14.2 Å². The molecule has 98 valence electrons. The van der Waals surface area contributed by atoms with E-state index in [1.807, 2.05) is 0 Å². The number of rotatable bonds is 2. The zero-order valence-electron chi connectivity index (χ0n) is 10.5. The second-order valence-electron chi connectivity index (χ2n) is 4.95. The molecule has 2 heterocycles. The highest BCUT2D eigenvalue weighted by Crippen LogP contribution is 2.38. The average Bonchev–Trinajstić information content (AvgIpc) is 2.67. The van der Waals surface area contributed by atoms with E-state index in [0.29, 0.717) is 0 Å². The second kappa shape index (κ2) is 4.20. The van der Waals surface area contributed by atoms with Gasteiger partial charge >= 0.3 is 0 Å². The van der Waals surface area contributed by atoms with Crippen molar-refractivity contribution in [3.63, 3.8) is 0 Å². The molecule has 0 radical (unpaired) electrons. The van der Waals surface area contributed by atoms with Crippen LogP contribution in [0.5, 0.6) is 0 Å². The van der Waals surface area contributed by atoms with E-state index >= 15 is 0 Å². The van der Waals surface area contributed by atoms with E-state index in [-0.39, 0.29) is 24.7 Å². The number of carbonyl (C=O) groups excluding carboxylic acids is 1. The van der Waals surface area contributed by atoms with Crippen molar-refractivity contribution >= 4 is 5.91 Å². The predicted molar refractivity (Wildman–Crippen MR) is 58.0 cm³/mol. The fraction of sp³-hybridized carbons (Fsp3) is 0.909. The van der Waals surface area contributed by atoms with Gasteiger partial charge in [-0.1, -0.05) is 0 Å². The van der Waals surface area contributed by atoms with Crippen LogP contribution in [-0.4, -0.2) is 59.9 Å². The fourth-order valence-electron chi connectivity index (χ4n) is 2.39. The Morgan fingerprint density at radius 2 is 2.06 bits per heavy atom. The first kappa shape index (κ1) is 12.8. The molecule has 1 amide bonds. The summed E-state index contributed by atoms with van der Waals surface area (Å²) in [4.78, 5) is 13.0. The lowest BCUT2D eigenvalue weighted by molar-refractivity contribution is -0.214. The molecule has 2 aliphatic heterocycles. The molecule has 0 unspecified atom stereocenters. The van der Waals surface area contributed by atoms with E-state index in [2.05, 4.69) is 0 Å². The van der Waals surface area contributed by atoms with Crippen molar-refractivity contribution in [1.29, 1.82) is 0 Å². The van der Waals surface area contributed by atoms with Crippen LogP contribution in [0.15, 0.2) is 0 Å². The molecule has 2 aliphatic rings. The van der Waals surface area contributed by atoms with Crippen LogP contribution in [0, 0.1) is 0 Å². The van der Waals surface area contributed by atoms with Gasteiger partial charge in [-0.05, 0) is 13.8 Å². The third-order valence-corrected chi connectivity index (χ3v) is 3.24. The molecule has 0 aromatic carbocycles. The quantitative estimate of drug-likeness (QED) is 0.723. The number of carbonyl (C=O) groups is 1. The minimum absolute atomic E-state index is 0.0917. The molecule has 2 rings (SSSR count). The van der Waals surface area contributed by atoms with Crippen molar-refractivity contribution in [1.82, 2.24) is 4.90 Å². The highest BCUT2D eigenvalue weighted by molar-refractivity contribution is 5.73. The lowest BCUT2D eigenvalue weighted by Crippen LogP contribution is -2.49. The predicted octanol–water partition coefficient (Wildman–Crippen LogP) is -0.298. The third kappa shape index (κ3) is 2.18. The van der Waals surface area contributed by atoms with Crippen LogP contribution < -0.4 is 0 Å². The minimum atomic E-state index is -0.717.